The van der Waals surface area contributed by atoms with E-state index in [1.807, 2.05) is 24.3 Å². The molecule has 1 saturated heterocycles. The van der Waals surface area contributed by atoms with Crippen molar-refractivity contribution in [3.8, 4) is 5.75 Å². The van der Waals surface area contributed by atoms with E-state index in [9.17, 15) is 4.79 Å². The van der Waals surface area contributed by atoms with Gasteiger partial charge in [0, 0.05) is 24.8 Å². The Balaban J connectivity index is 1.85. The monoisotopic (exact) mass is 261 g/mol. The van der Waals surface area contributed by atoms with Gasteiger partial charge in [-0.15, -0.1) is 0 Å². The van der Waals surface area contributed by atoms with Crippen LogP contribution in [0.1, 0.15) is 18.4 Å². The maximum atomic E-state index is 11.7. The van der Waals surface area contributed by atoms with Crippen molar-refractivity contribution >= 4 is 12.0 Å². The number of ether oxygens (including phenoxy) is 2. The lowest BCUT2D eigenvalue weighted by molar-refractivity contribution is -0.116. The Morgan fingerprint density at radius 3 is 3.11 bits per heavy atom. The lowest BCUT2D eigenvalue weighted by Gasteiger charge is -2.09. The minimum absolute atomic E-state index is 0.110. The maximum Gasteiger partial charge on any atom is 0.244 e. The molecule has 102 valence electrons. The van der Waals surface area contributed by atoms with Gasteiger partial charge in [-0.2, -0.15) is 0 Å². The number of methoxy groups -OCH3 is 1. The second-order valence-corrected chi connectivity index (χ2v) is 4.46. The smallest absolute Gasteiger partial charge is 0.244 e. The van der Waals surface area contributed by atoms with E-state index in [4.69, 9.17) is 9.47 Å². The van der Waals surface area contributed by atoms with E-state index < -0.39 is 0 Å². The summed E-state index contributed by atoms with van der Waals surface area (Å²) in [5.41, 5.74) is 0.886. The third-order valence-corrected chi connectivity index (χ3v) is 3.08. The van der Waals surface area contributed by atoms with E-state index in [2.05, 4.69) is 5.32 Å². The molecule has 0 unspecified atom stereocenters. The fourth-order valence-corrected chi connectivity index (χ4v) is 2.05. The van der Waals surface area contributed by atoms with Crippen LogP contribution in [-0.2, 0) is 9.53 Å². The van der Waals surface area contributed by atoms with Gasteiger partial charge in [0.1, 0.15) is 5.75 Å². The Morgan fingerprint density at radius 1 is 1.53 bits per heavy atom. The maximum absolute atomic E-state index is 11.7. The van der Waals surface area contributed by atoms with Gasteiger partial charge in [-0.1, -0.05) is 18.2 Å². The van der Waals surface area contributed by atoms with Crippen molar-refractivity contribution in [3.63, 3.8) is 0 Å². The molecule has 1 aliphatic heterocycles. The minimum atomic E-state index is -0.110. The van der Waals surface area contributed by atoms with E-state index in [1.54, 1.807) is 13.2 Å². The Kier molecular flexibility index (Phi) is 4.98. The first kappa shape index (κ1) is 13.6. The predicted molar refractivity (Wildman–Crippen MR) is 74.0 cm³/mol. The average Bonchev–Trinajstić information content (AvgIpc) is 2.96. The molecule has 1 N–H and O–H groups in total. The molecule has 1 heterocycles. The summed E-state index contributed by atoms with van der Waals surface area (Å²) in [4.78, 5) is 11.7. The lowest BCUT2D eigenvalue weighted by atomic mass is 10.2. The summed E-state index contributed by atoms with van der Waals surface area (Å²) in [5, 5.41) is 2.84. The molecule has 1 aliphatic rings. The predicted octanol–water partition coefficient (Wildman–Crippen LogP) is 2.00. The Labute approximate surface area is 113 Å². The number of para-hydroxylation sites is 1. The van der Waals surface area contributed by atoms with Crippen LogP contribution in [0.3, 0.4) is 0 Å². The number of amides is 1. The highest BCUT2D eigenvalue weighted by Gasteiger charge is 2.15. The van der Waals surface area contributed by atoms with Crippen LogP contribution in [0.2, 0.25) is 0 Å². The molecule has 2 rings (SSSR count). The van der Waals surface area contributed by atoms with E-state index in [1.165, 1.54) is 6.08 Å². The number of nitrogens with one attached hydrogen (secondary N) is 1. The third-order valence-electron chi connectivity index (χ3n) is 3.08. The molecule has 1 amide bonds. The van der Waals surface area contributed by atoms with Gasteiger partial charge in [-0.05, 0) is 25.0 Å². The molecule has 1 atom stereocenters. The van der Waals surface area contributed by atoms with Crippen molar-refractivity contribution in [1.82, 2.24) is 5.32 Å². The first-order chi connectivity index (χ1) is 9.29. The van der Waals surface area contributed by atoms with Gasteiger partial charge in [0.05, 0.1) is 13.2 Å². The molecule has 4 heteroatoms. The first-order valence-electron chi connectivity index (χ1n) is 6.50. The Bertz CT molecular complexity index is 450. The largest absolute Gasteiger partial charge is 0.496 e. The summed E-state index contributed by atoms with van der Waals surface area (Å²) in [5.74, 6) is 0.645. The zero-order chi connectivity index (χ0) is 13.5. The van der Waals surface area contributed by atoms with E-state index in [-0.39, 0.29) is 12.0 Å². The normalized spacial score (nSPS) is 18.7. The molecule has 0 aliphatic carbocycles. The van der Waals surface area contributed by atoms with Crippen molar-refractivity contribution in [1.29, 1.82) is 0 Å². The van der Waals surface area contributed by atoms with Crippen LogP contribution in [0, 0.1) is 0 Å². The first-order valence-corrected chi connectivity index (χ1v) is 6.50. The average molecular weight is 261 g/mol. The molecule has 0 saturated carbocycles. The summed E-state index contributed by atoms with van der Waals surface area (Å²) < 4.78 is 10.7. The number of carbonyl (C=O) groups is 1. The fraction of sp³-hybridized carbons (Fsp3) is 0.400. The topological polar surface area (TPSA) is 47.6 Å². The standard InChI is InChI=1S/C15H19NO3/c1-18-14-7-3-2-5-12(14)8-9-15(17)16-11-13-6-4-10-19-13/h2-3,5,7-9,13H,4,6,10-11H2,1H3,(H,16,17)/b9-8+/t13-/m0/s1. The summed E-state index contributed by atoms with van der Waals surface area (Å²) in [7, 11) is 1.62. The van der Waals surface area contributed by atoms with Gasteiger partial charge in [-0.25, -0.2) is 0 Å². The molecule has 0 aromatic heterocycles. The summed E-state index contributed by atoms with van der Waals surface area (Å²) >= 11 is 0. The van der Waals surface area contributed by atoms with Gasteiger partial charge in [0.2, 0.25) is 5.91 Å². The van der Waals surface area contributed by atoms with Crippen molar-refractivity contribution < 1.29 is 14.3 Å². The van der Waals surface area contributed by atoms with Gasteiger partial charge in [0.15, 0.2) is 0 Å². The van der Waals surface area contributed by atoms with Crippen LogP contribution < -0.4 is 10.1 Å². The number of benzene rings is 1. The van der Waals surface area contributed by atoms with E-state index in [0.717, 1.165) is 30.8 Å². The number of hydrogen-bond acceptors (Lipinski definition) is 3. The molecular weight excluding hydrogens is 242 g/mol. The third kappa shape index (κ3) is 4.10. The molecule has 0 radical (unpaired) electrons. The van der Waals surface area contributed by atoms with Crippen LogP contribution in [0.15, 0.2) is 30.3 Å². The molecule has 0 bridgehead atoms. The minimum Gasteiger partial charge on any atom is -0.496 e. The molecule has 4 nitrogen and oxygen atoms in total. The van der Waals surface area contributed by atoms with Gasteiger partial charge < -0.3 is 14.8 Å². The number of carbonyl (C=O) groups excluding carboxylic acids is 1. The van der Waals surface area contributed by atoms with Crippen LogP contribution in [0.25, 0.3) is 6.08 Å². The van der Waals surface area contributed by atoms with Crippen LogP contribution >= 0.6 is 0 Å². The van der Waals surface area contributed by atoms with Crippen molar-refractivity contribution in [3.05, 3.63) is 35.9 Å². The van der Waals surface area contributed by atoms with Gasteiger partial charge in [0.25, 0.3) is 0 Å². The summed E-state index contributed by atoms with van der Waals surface area (Å²) in [6.45, 7) is 1.38. The fourth-order valence-electron chi connectivity index (χ4n) is 2.05. The van der Waals surface area contributed by atoms with E-state index >= 15 is 0 Å². The quantitative estimate of drug-likeness (QED) is 0.825. The molecule has 1 fully saturated rings. The molecule has 0 spiro atoms. The highest BCUT2D eigenvalue weighted by atomic mass is 16.5. The van der Waals surface area contributed by atoms with Gasteiger partial charge in [-0.3, -0.25) is 4.79 Å². The zero-order valence-corrected chi connectivity index (χ0v) is 11.1. The molecule has 1 aromatic rings. The van der Waals surface area contributed by atoms with Crippen molar-refractivity contribution in [2.24, 2.45) is 0 Å². The van der Waals surface area contributed by atoms with Crippen LogP contribution in [-0.4, -0.2) is 32.3 Å². The van der Waals surface area contributed by atoms with Crippen LogP contribution in [0.4, 0.5) is 0 Å². The second-order valence-electron chi connectivity index (χ2n) is 4.46. The summed E-state index contributed by atoms with van der Waals surface area (Å²) in [6, 6.07) is 7.58. The second kappa shape index (κ2) is 6.95. The molecule has 19 heavy (non-hydrogen) atoms. The zero-order valence-electron chi connectivity index (χ0n) is 11.1. The SMILES string of the molecule is COc1ccccc1/C=C/C(=O)NC[C@@H]1CCCO1. The molecular formula is C15H19NO3. The summed E-state index contributed by atoms with van der Waals surface area (Å²) in [6.07, 6.45) is 5.55. The van der Waals surface area contributed by atoms with Crippen molar-refractivity contribution in [2.45, 2.75) is 18.9 Å². The highest BCUT2D eigenvalue weighted by Crippen LogP contribution is 2.18. The van der Waals surface area contributed by atoms with Gasteiger partial charge >= 0.3 is 0 Å². The lowest BCUT2D eigenvalue weighted by Crippen LogP contribution is -2.30. The van der Waals surface area contributed by atoms with Crippen molar-refractivity contribution in [2.75, 3.05) is 20.3 Å². The Morgan fingerprint density at radius 2 is 2.37 bits per heavy atom. The number of hydrogen-bond donors (Lipinski definition) is 1. The number of rotatable bonds is 5. The van der Waals surface area contributed by atoms with E-state index in [0.29, 0.717) is 6.54 Å². The van der Waals surface area contributed by atoms with Crippen LogP contribution in [0.5, 0.6) is 5.75 Å². The Hall–Kier alpha value is -1.81. The highest BCUT2D eigenvalue weighted by molar-refractivity contribution is 5.92. The molecule has 1 aromatic carbocycles.